The maximum absolute atomic E-state index is 12.0. The summed E-state index contributed by atoms with van der Waals surface area (Å²) in [6.45, 7) is 0. The Bertz CT molecular complexity index is 629. The van der Waals surface area contributed by atoms with E-state index < -0.39 is 0 Å². The van der Waals surface area contributed by atoms with Crippen molar-refractivity contribution in [2.45, 2.75) is 18.9 Å². The first-order valence-corrected chi connectivity index (χ1v) is 6.93. The van der Waals surface area contributed by atoms with Crippen LogP contribution in [0.2, 0.25) is 0 Å². The summed E-state index contributed by atoms with van der Waals surface area (Å²) >= 11 is 0. The summed E-state index contributed by atoms with van der Waals surface area (Å²) in [6, 6.07) is 13.1. The SMILES string of the molecule is O=C(Nc1ccccc1)c1ccc(NC2CC=CC2)nn1. The average Bonchev–Trinajstić information content (AvgIpc) is 3.02. The van der Waals surface area contributed by atoms with Gasteiger partial charge in [0.2, 0.25) is 0 Å². The van der Waals surface area contributed by atoms with Crippen molar-refractivity contribution < 1.29 is 4.79 Å². The topological polar surface area (TPSA) is 66.9 Å². The van der Waals surface area contributed by atoms with Gasteiger partial charge in [-0.25, -0.2) is 0 Å². The summed E-state index contributed by atoms with van der Waals surface area (Å²) in [5.74, 6) is 0.433. The Morgan fingerprint density at radius 2 is 1.76 bits per heavy atom. The Labute approximate surface area is 123 Å². The van der Waals surface area contributed by atoms with Crippen LogP contribution in [-0.2, 0) is 0 Å². The number of carbonyl (C=O) groups is 1. The first-order chi connectivity index (χ1) is 10.3. The number of anilines is 2. The zero-order valence-electron chi connectivity index (χ0n) is 11.5. The molecule has 5 nitrogen and oxygen atoms in total. The molecule has 3 rings (SSSR count). The summed E-state index contributed by atoms with van der Waals surface area (Å²) in [5.41, 5.74) is 1.04. The van der Waals surface area contributed by atoms with Gasteiger partial charge in [0.05, 0.1) is 0 Å². The Hall–Kier alpha value is -2.69. The molecule has 106 valence electrons. The molecular weight excluding hydrogens is 264 g/mol. The average molecular weight is 280 g/mol. The minimum atomic E-state index is -0.261. The van der Waals surface area contributed by atoms with Crippen molar-refractivity contribution in [1.82, 2.24) is 10.2 Å². The second kappa shape index (κ2) is 6.17. The number of amides is 1. The summed E-state index contributed by atoms with van der Waals surface area (Å²) < 4.78 is 0. The van der Waals surface area contributed by atoms with Crippen LogP contribution in [-0.4, -0.2) is 22.1 Å². The molecule has 0 saturated heterocycles. The molecule has 1 amide bonds. The maximum Gasteiger partial charge on any atom is 0.276 e. The number of para-hydroxylation sites is 1. The van der Waals surface area contributed by atoms with Crippen LogP contribution in [0.1, 0.15) is 23.3 Å². The first-order valence-electron chi connectivity index (χ1n) is 6.93. The molecule has 0 spiro atoms. The van der Waals surface area contributed by atoms with Gasteiger partial charge in [-0.05, 0) is 37.1 Å². The number of benzene rings is 1. The third kappa shape index (κ3) is 3.45. The van der Waals surface area contributed by atoms with E-state index in [0.29, 0.717) is 17.6 Å². The minimum absolute atomic E-state index is 0.261. The van der Waals surface area contributed by atoms with Gasteiger partial charge in [0, 0.05) is 11.7 Å². The quantitative estimate of drug-likeness (QED) is 0.845. The lowest BCUT2D eigenvalue weighted by molar-refractivity contribution is 0.102. The molecule has 0 fully saturated rings. The second-order valence-electron chi connectivity index (χ2n) is 4.91. The van der Waals surface area contributed by atoms with E-state index >= 15 is 0 Å². The van der Waals surface area contributed by atoms with E-state index in [-0.39, 0.29) is 5.91 Å². The zero-order valence-corrected chi connectivity index (χ0v) is 11.5. The van der Waals surface area contributed by atoms with Gasteiger partial charge >= 0.3 is 0 Å². The Kier molecular flexibility index (Phi) is 3.91. The normalized spacial score (nSPS) is 14.1. The number of hydrogen-bond donors (Lipinski definition) is 2. The van der Waals surface area contributed by atoms with Gasteiger partial charge in [-0.2, -0.15) is 0 Å². The molecule has 1 heterocycles. The minimum Gasteiger partial charge on any atom is -0.365 e. The fourth-order valence-electron chi connectivity index (χ4n) is 2.19. The standard InChI is InChI=1S/C16H16N4O/c21-16(18-13-6-2-1-3-7-13)14-10-11-15(20-19-14)17-12-8-4-5-9-12/h1-7,10-12H,8-9H2,(H,17,20)(H,18,21). The maximum atomic E-state index is 12.0. The van der Waals surface area contributed by atoms with Gasteiger partial charge in [-0.1, -0.05) is 30.4 Å². The smallest absolute Gasteiger partial charge is 0.276 e. The highest BCUT2D eigenvalue weighted by Gasteiger charge is 2.12. The third-order valence-corrected chi connectivity index (χ3v) is 3.29. The van der Waals surface area contributed by atoms with Gasteiger partial charge in [0.25, 0.3) is 5.91 Å². The highest BCUT2D eigenvalue weighted by atomic mass is 16.1. The van der Waals surface area contributed by atoms with E-state index in [1.807, 2.05) is 30.3 Å². The lowest BCUT2D eigenvalue weighted by Crippen LogP contribution is -2.18. The second-order valence-corrected chi connectivity index (χ2v) is 4.91. The summed E-state index contributed by atoms with van der Waals surface area (Å²) in [5, 5.41) is 14.1. The fourth-order valence-corrected chi connectivity index (χ4v) is 2.19. The van der Waals surface area contributed by atoms with E-state index in [1.165, 1.54) is 0 Å². The molecule has 1 aliphatic rings. The molecule has 1 aliphatic carbocycles. The van der Waals surface area contributed by atoms with E-state index in [0.717, 1.165) is 18.5 Å². The zero-order chi connectivity index (χ0) is 14.5. The van der Waals surface area contributed by atoms with Crippen molar-refractivity contribution in [3.05, 3.63) is 60.3 Å². The number of hydrogen-bond acceptors (Lipinski definition) is 4. The monoisotopic (exact) mass is 280 g/mol. The van der Waals surface area contributed by atoms with Crippen LogP contribution in [0.3, 0.4) is 0 Å². The Morgan fingerprint density at radius 3 is 2.43 bits per heavy atom. The summed E-state index contributed by atoms with van der Waals surface area (Å²) in [6.07, 6.45) is 6.29. The summed E-state index contributed by atoms with van der Waals surface area (Å²) in [7, 11) is 0. The van der Waals surface area contributed by atoms with Crippen molar-refractivity contribution in [2.24, 2.45) is 0 Å². The molecule has 2 N–H and O–H groups in total. The number of nitrogens with one attached hydrogen (secondary N) is 2. The molecule has 5 heteroatoms. The fraction of sp³-hybridized carbons (Fsp3) is 0.188. The van der Waals surface area contributed by atoms with Crippen LogP contribution in [0.5, 0.6) is 0 Å². The van der Waals surface area contributed by atoms with Gasteiger partial charge in [0.15, 0.2) is 5.69 Å². The Morgan fingerprint density at radius 1 is 1.00 bits per heavy atom. The van der Waals surface area contributed by atoms with Crippen LogP contribution in [0.25, 0.3) is 0 Å². The first kappa shape index (κ1) is 13.3. The molecule has 0 bridgehead atoms. The summed E-state index contributed by atoms with van der Waals surface area (Å²) in [4.78, 5) is 12.0. The van der Waals surface area contributed by atoms with Crippen molar-refractivity contribution in [3.8, 4) is 0 Å². The largest absolute Gasteiger partial charge is 0.365 e. The van der Waals surface area contributed by atoms with E-state index in [2.05, 4.69) is 33.0 Å². The highest BCUT2D eigenvalue weighted by molar-refractivity contribution is 6.02. The van der Waals surface area contributed by atoms with Crippen molar-refractivity contribution >= 4 is 17.4 Å². The molecule has 2 aromatic rings. The lowest BCUT2D eigenvalue weighted by Gasteiger charge is -2.12. The van der Waals surface area contributed by atoms with Gasteiger partial charge in [-0.15, -0.1) is 10.2 Å². The van der Waals surface area contributed by atoms with E-state index in [1.54, 1.807) is 12.1 Å². The van der Waals surface area contributed by atoms with Gasteiger partial charge in [0.1, 0.15) is 5.82 Å². The molecular formula is C16H16N4O. The predicted octanol–water partition coefficient (Wildman–Crippen LogP) is 2.86. The van der Waals surface area contributed by atoms with E-state index in [9.17, 15) is 4.79 Å². The van der Waals surface area contributed by atoms with Crippen LogP contribution in [0.15, 0.2) is 54.6 Å². The lowest BCUT2D eigenvalue weighted by atomic mass is 10.2. The molecule has 0 aliphatic heterocycles. The van der Waals surface area contributed by atoms with Crippen LogP contribution in [0.4, 0.5) is 11.5 Å². The molecule has 0 atom stereocenters. The van der Waals surface area contributed by atoms with Crippen LogP contribution >= 0.6 is 0 Å². The number of carbonyl (C=O) groups excluding carboxylic acids is 1. The van der Waals surface area contributed by atoms with Crippen molar-refractivity contribution in [2.75, 3.05) is 10.6 Å². The molecule has 0 unspecified atom stereocenters. The number of aromatic nitrogens is 2. The van der Waals surface area contributed by atoms with Crippen molar-refractivity contribution in [3.63, 3.8) is 0 Å². The van der Waals surface area contributed by atoms with Crippen LogP contribution < -0.4 is 10.6 Å². The molecule has 1 aromatic heterocycles. The van der Waals surface area contributed by atoms with Gasteiger partial charge in [-0.3, -0.25) is 4.79 Å². The van der Waals surface area contributed by atoms with E-state index in [4.69, 9.17) is 0 Å². The third-order valence-electron chi connectivity index (χ3n) is 3.29. The predicted molar refractivity (Wildman–Crippen MR) is 82.2 cm³/mol. The number of rotatable bonds is 4. The highest BCUT2D eigenvalue weighted by Crippen LogP contribution is 2.15. The molecule has 0 radical (unpaired) electrons. The molecule has 0 saturated carbocycles. The number of nitrogens with zero attached hydrogens (tertiary/aromatic N) is 2. The Balaban J connectivity index is 1.62. The van der Waals surface area contributed by atoms with Crippen LogP contribution in [0, 0.1) is 0 Å². The van der Waals surface area contributed by atoms with Crippen molar-refractivity contribution in [1.29, 1.82) is 0 Å². The molecule has 21 heavy (non-hydrogen) atoms. The van der Waals surface area contributed by atoms with Gasteiger partial charge < -0.3 is 10.6 Å². The molecule has 1 aromatic carbocycles.